The quantitative estimate of drug-likeness (QED) is 0.686. The summed E-state index contributed by atoms with van der Waals surface area (Å²) in [6, 6.07) is 1.45. The highest BCUT2D eigenvalue weighted by atomic mass is 32.2. The van der Waals surface area contributed by atoms with Crippen LogP contribution in [-0.4, -0.2) is 65.4 Å². The molecule has 29 heavy (non-hydrogen) atoms. The second-order valence-electron chi connectivity index (χ2n) is 8.01. The number of hydrogen-bond acceptors (Lipinski definition) is 6. The molecule has 0 spiro atoms. The summed E-state index contributed by atoms with van der Waals surface area (Å²) in [5.74, 6) is -1.41. The highest BCUT2D eigenvalue weighted by molar-refractivity contribution is 7.89. The Morgan fingerprint density at radius 3 is 2.55 bits per heavy atom. The van der Waals surface area contributed by atoms with E-state index in [0.29, 0.717) is 19.3 Å². The molecule has 3 heterocycles. The number of sulfonamides is 1. The van der Waals surface area contributed by atoms with Crippen LogP contribution in [0.25, 0.3) is 0 Å². The SMILES string of the molecule is NC(=O)C1(C(=O)N2CCC3C2C(=O)CN3S(=O)(=O)c2cccnc2)CCCCC1. The number of hydrogen-bond donors (Lipinski definition) is 1. The van der Waals surface area contributed by atoms with E-state index in [2.05, 4.69) is 4.98 Å². The van der Waals surface area contributed by atoms with Gasteiger partial charge in [-0.3, -0.25) is 19.4 Å². The van der Waals surface area contributed by atoms with Crippen LogP contribution in [0, 0.1) is 5.41 Å². The first-order chi connectivity index (χ1) is 13.8. The summed E-state index contributed by atoms with van der Waals surface area (Å²) in [6.07, 6.45) is 6.20. The lowest BCUT2D eigenvalue weighted by Gasteiger charge is -2.37. The van der Waals surface area contributed by atoms with Crippen molar-refractivity contribution in [2.24, 2.45) is 11.1 Å². The molecule has 9 nitrogen and oxygen atoms in total. The van der Waals surface area contributed by atoms with Gasteiger partial charge >= 0.3 is 0 Å². The molecule has 2 amide bonds. The summed E-state index contributed by atoms with van der Waals surface area (Å²) in [7, 11) is -3.91. The van der Waals surface area contributed by atoms with Crippen LogP contribution in [0.3, 0.4) is 0 Å². The maximum Gasteiger partial charge on any atom is 0.245 e. The number of likely N-dealkylation sites (tertiary alicyclic amines) is 1. The number of aromatic nitrogens is 1. The highest BCUT2D eigenvalue weighted by Gasteiger charge is 2.57. The van der Waals surface area contributed by atoms with E-state index in [1.807, 2.05) is 0 Å². The van der Waals surface area contributed by atoms with Gasteiger partial charge in [0, 0.05) is 18.9 Å². The fraction of sp³-hybridized carbons (Fsp3) is 0.579. The van der Waals surface area contributed by atoms with Crippen LogP contribution < -0.4 is 5.73 Å². The Kier molecular flexibility index (Phi) is 4.94. The smallest absolute Gasteiger partial charge is 0.245 e. The minimum atomic E-state index is -3.91. The molecular formula is C19H24N4O5S. The lowest BCUT2D eigenvalue weighted by Crippen LogP contribution is -2.55. The maximum absolute atomic E-state index is 13.4. The zero-order valence-corrected chi connectivity index (χ0v) is 16.8. The van der Waals surface area contributed by atoms with E-state index in [1.54, 1.807) is 0 Å². The van der Waals surface area contributed by atoms with Crippen LogP contribution in [0.4, 0.5) is 0 Å². The van der Waals surface area contributed by atoms with Crippen LogP contribution >= 0.6 is 0 Å². The summed E-state index contributed by atoms with van der Waals surface area (Å²) in [6.45, 7) is -0.0616. The van der Waals surface area contributed by atoms with E-state index < -0.39 is 39.3 Å². The fourth-order valence-corrected chi connectivity index (χ4v) is 6.54. The van der Waals surface area contributed by atoms with Gasteiger partial charge in [0.15, 0.2) is 5.78 Å². The number of rotatable bonds is 4. The summed E-state index contributed by atoms with van der Waals surface area (Å²) in [4.78, 5) is 43.7. The number of nitrogens with zero attached hydrogens (tertiary/aromatic N) is 3. The van der Waals surface area contributed by atoms with Crippen molar-refractivity contribution in [1.82, 2.24) is 14.2 Å². The topological polar surface area (TPSA) is 131 Å². The van der Waals surface area contributed by atoms with E-state index in [9.17, 15) is 22.8 Å². The number of Topliss-reactive ketones (excluding diaryl/α,β-unsaturated/α-hetero) is 1. The van der Waals surface area contributed by atoms with Gasteiger partial charge in [0.05, 0.1) is 12.6 Å². The van der Waals surface area contributed by atoms with Crippen LogP contribution in [0.15, 0.2) is 29.4 Å². The Hall–Kier alpha value is -2.33. The molecule has 1 aromatic rings. The van der Waals surface area contributed by atoms with Gasteiger partial charge in [0.2, 0.25) is 21.8 Å². The van der Waals surface area contributed by atoms with Crippen LogP contribution in [0.1, 0.15) is 38.5 Å². The van der Waals surface area contributed by atoms with Gasteiger partial charge in [0.1, 0.15) is 16.4 Å². The second kappa shape index (κ2) is 7.17. The van der Waals surface area contributed by atoms with Crippen LogP contribution in [0.5, 0.6) is 0 Å². The van der Waals surface area contributed by atoms with Crippen molar-refractivity contribution in [3.8, 4) is 0 Å². The zero-order valence-electron chi connectivity index (χ0n) is 16.0. The van der Waals surface area contributed by atoms with Gasteiger partial charge in [-0.1, -0.05) is 19.3 Å². The molecule has 1 aliphatic carbocycles. The molecule has 2 saturated heterocycles. The van der Waals surface area contributed by atoms with Crippen molar-refractivity contribution < 1.29 is 22.8 Å². The minimum Gasteiger partial charge on any atom is -0.369 e. The molecule has 0 aromatic carbocycles. The second-order valence-corrected chi connectivity index (χ2v) is 9.90. The van der Waals surface area contributed by atoms with Crippen molar-refractivity contribution in [2.75, 3.05) is 13.1 Å². The van der Waals surface area contributed by atoms with E-state index in [4.69, 9.17) is 5.73 Å². The highest BCUT2D eigenvalue weighted by Crippen LogP contribution is 2.41. The van der Waals surface area contributed by atoms with E-state index in [1.165, 1.54) is 33.7 Å². The largest absolute Gasteiger partial charge is 0.369 e. The average Bonchev–Trinajstić information content (AvgIpc) is 3.30. The first-order valence-corrected chi connectivity index (χ1v) is 11.3. The number of ketones is 1. The van der Waals surface area contributed by atoms with Gasteiger partial charge < -0.3 is 10.6 Å². The Bertz CT molecular complexity index is 943. The maximum atomic E-state index is 13.4. The van der Waals surface area contributed by atoms with Gasteiger partial charge in [0.25, 0.3) is 0 Å². The normalized spacial score (nSPS) is 27.0. The van der Waals surface area contributed by atoms with Crippen LogP contribution in [-0.2, 0) is 24.4 Å². The monoisotopic (exact) mass is 420 g/mol. The molecule has 4 rings (SSSR count). The molecule has 0 bridgehead atoms. The van der Waals surface area contributed by atoms with Crippen LogP contribution in [0.2, 0.25) is 0 Å². The van der Waals surface area contributed by atoms with Gasteiger partial charge in [-0.25, -0.2) is 8.42 Å². The Balaban J connectivity index is 1.63. The third kappa shape index (κ3) is 3.05. The number of fused-ring (bicyclic) bond motifs is 1. The van der Waals surface area contributed by atoms with Crippen molar-refractivity contribution in [3.63, 3.8) is 0 Å². The van der Waals surface area contributed by atoms with Crippen molar-refractivity contribution >= 4 is 27.6 Å². The molecular weight excluding hydrogens is 396 g/mol. The lowest BCUT2D eigenvalue weighted by molar-refractivity contribution is -0.154. The number of amides is 2. The zero-order chi connectivity index (χ0) is 20.8. The molecule has 3 fully saturated rings. The fourth-order valence-electron chi connectivity index (χ4n) is 4.95. The third-order valence-electron chi connectivity index (χ3n) is 6.47. The molecule has 2 unspecified atom stereocenters. The van der Waals surface area contributed by atoms with Crippen molar-refractivity contribution in [1.29, 1.82) is 0 Å². The van der Waals surface area contributed by atoms with Crippen molar-refractivity contribution in [3.05, 3.63) is 24.5 Å². The predicted octanol–water partition coefficient (Wildman–Crippen LogP) is 0.0603. The number of carbonyl (C=O) groups is 3. The summed E-state index contributed by atoms with van der Waals surface area (Å²) in [5, 5.41) is 0. The van der Waals surface area contributed by atoms with Crippen molar-refractivity contribution in [2.45, 2.75) is 55.5 Å². The molecule has 2 aliphatic heterocycles. The molecule has 2 N–H and O–H groups in total. The Morgan fingerprint density at radius 1 is 1.21 bits per heavy atom. The first-order valence-electron chi connectivity index (χ1n) is 9.84. The molecule has 10 heteroatoms. The number of primary amides is 1. The molecule has 1 aromatic heterocycles. The first kappa shape index (κ1) is 20.0. The molecule has 3 aliphatic rings. The predicted molar refractivity (Wildman–Crippen MR) is 102 cm³/mol. The summed E-state index contributed by atoms with van der Waals surface area (Å²) >= 11 is 0. The molecule has 1 saturated carbocycles. The standard InChI is InChI=1S/C19H24N4O5S/c20-17(25)19(7-2-1-3-8-19)18(26)22-10-6-14-16(22)15(24)12-23(14)29(27,28)13-5-4-9-21-11-13/h4-5,9,11,14,16H,1-3,6-8,10,12H2,(H2,20,25). The molecule has 2 atom stereocenters. The minimum absolute atomic E-state index is 0.0131. The molecule has 0 radical (unpaired) electrons. The summed E-state index contributed by atoms with van der Waals surface area (Å²) < 4.78 is 27.2. The van der Waals surface area contributed by atoms with Gasteiger partial charge in [-0.2, -0.15) is 4.31 Å². The number of carbonyl (C=O) groups excluding carboxylic acids is 3. The van der Waals surface area contributed by atoms with Gasteiger partial charge in [-0.05, 0) is 31.4 Å². The van der Waals surface area contributed by atoms with E-state index in [-0.39, 0.29) is 23.8 Å². The molecule has 156 valence electrons. The summed E-state index contributed by atoms with van der Waals surface area (Å²) in [5.41, 5.74) is 4.34. The lowest BCUT2D eigenvalue weighted by atomic mass is 9.72. The average molecular weight is 420 g/mol. The number of nitrogens with two attached hydrogens (primary N) is 1. The number of pyridine rings is 1. The Morgan fingerprint density at radius 2 is 1.93 bits per heavy atom. The van der Waals surface area contributed by atoms with Gasteiger partial charge in [-0.15, -0.1) is 0 Å². The van der Waals surface area contributed by atoms with E-state index in [0.717, 1.165) is 19.3 Å². The van der Waals surface area contributed by atoms with E-state index >= 15 is 0 Å². The Labute approximate surface area is 169 Å². The third-order valence-corrected chi connectivity index (χ3v) is 8.32.